The Morgan fingerprint density at radius 3 is 2.73 bits per heavy atom. The van der Waals surface area contributed by atoms with Crippen LogP contribution in [0.4, 0.5) is 0 Å². The number of rotatable bonds is 1. The summed E-state index contributed by atoms with van der Waals surface area (Å²) in [7, 11) is 0. The molecule has 0 amide bonds. The average molecular weight is 169 g/mol. The van der Waals surface area contributed by atoms with E-state index in [0.717, 1.165) is 5.69 Å². The summed E-state index contributed by atoms with van der Waals surface area (Å²) in [6, 6.07) is 3.66. The molecule has 0 fully saturated rings. The van der Waals surface area contributed by atoms with Crippen molar-refractivity contribution in [2.45, 2.75) is 6.92 Å². The van der Waals surface area contributed by atoms with Gasteiger partial charge in [-0.15, -0.1) is 0 Å². The van der Waals surface area contributed by atoms with Gasteiger partial charge in [0.2, 0.25) is 0 Å². The molecule has 2 N–H and O–H groups in total. The molecule has 0 atom stereocenters. The Labute approximate surface area is 70.7 Å². The zero-order valence-corrected chi connectivity index (χ0v) is 7.02. The van der Waals surface area contributed by atoms with Gasteiger partial charge in [-0.25, -0.2) is 4.98 Å². The van der Waals surface area contributed by atoms with Crippen LogP contribution in [0.2, 0.25) is 5.15 Å². The van der Waals surface area contributed by atoms with Crippen molar-refractivity contribution in [1.82, 2.24) is 4.98 Å². The average Bonchev–Trinajstić information content (AvgIpc) is 1.85. The molecular weight excluding hydrogens is 160 g/mol. The van der Waals surface area contributed by atoms with Crippen LogP contribution in [-0.2, 0) is 0 Å². The minimum Gasteiger partial charge on any atom is -0.399 e. The highest BCUT2D eigenvalue weighted by atomic mass is 35.5. The first kappa shape index (κ1) is 8.08. The van der Waals surface area contributed by atoms with Crippen LogP contribution in [0, 0.1) is 6.92 Å². The van der Waals surface area contributed by atoms with E-state index in [0.29, 0.717) is 16.4 Å². The van der Waals surface area contributed by atoms with Gasteiger partial charge in [0, 0.05) is 17.0 Å². The van der Waals surface area contributed by atoms with Gasteiger partial charge < -0.3 is 5.73 Å². The minimum absolute atomic E-state index is 0.414. The molecular formula is C8H9ClN2. The zero-order chi connectivity index (χ0) is 8.43. The van der Waals surface area contributed by atoms with Crippen LogP contribution >= 0.6 is 11.6 Å². The molecule has 0 aliphatic heterocycles. The molecule has 1 heterocycles. The van der Waals surface area contributed by atoms with Crippen LogP contribution in [0.5, 0.6) is 0 Å². The lowest BCUT2D eigenvalue weighted by molar-refractivity contribution is 1.19. The molecule has 0 saturated carbocycles. The summed E-state index contributed by atoms with van der Waals surface area (Å²) in [5, 5.41) is 0.414. The topological polar surface area (TPSA) is 38.9 Å². The first-order valence-electron chi connectivity index (χ1n) is 3.19. The van der Waals surface area contributed by atoms with E-state index >= 15 is 0 Å². The minimum atomic E-state index is 0.414. The van der Waals surface area contributed by atoms with E-state index in [4.69, 9.17) is 17.3 Å². The summed E-state index contributed by atoms with van der Waals surface area (Å²) in [5.74, 6) is 0. The van der Waals surface area contributed by atoms with Crippen LogP contribution in [0.15, 0.2) is 18.7 Å². The predicted octanol–water partition coefficient (Wildman–Crippen LogP) is 1.97. The maximum absolute atomic E-state index is 5.77. The van der Waals surface area contributed by atoms with E-state index < -0.39 is 0 Å². The van der Waals surface area contributed by atoms with E-state index in [-0.39, 0.29) is 0 Å². The molecule has 1 rings (SSSR count). The molecule has 0 radical (unpaired) electrons. The van der Waals surface area contributed by atoms with Gasteiger partial charge in [0.25, 0.3) is 0 Å². The molecule has 0 spiro atoms. The molecule has 0 saturated heterocycles. The summed E-state index contributed by atoms with van der Waals surface area (Å²) in [6.45, 7) is 5.44. The van der Waals surface area contributed by atoms with Gasteiger partial charge in [-0.1, -0.05) is 18.2 Å². The highest BCUT2D eigenvalue weighted by Crippen LogP contribution is 2.17. The van der Waals surface area contributed by atoms with Gasteiger partial charge in [0.15, 0.2) is 0 Å². The molecule has 1 aromatic rings. The molecule has 0 bridgehead atoms. The molecule has 58 valence electrons. The van der Waals surface area contributed by atoms with Crippen LogP contribution < -0.4 is 5.73 Å². The fraction of sp³-hybridized carbons (Fsp3) is 0.125. The first-order valence-corrected chi connectivity index (χ1v) is 3.57. The van der Waals surface area contributed by atoms with Crippen LogP contribution in [0.1, 0.15) is 11.3 Å². The van der Waals surface area contributed by atoms with Gasteiger partial charge in [-0.05, 0) is 19.1 Å². The third-order valence-corrected chi connectivity index (χ3v) is 1.62. The second-order valence-electron chi connectivity index (χ2n) is 2.32. The third kappa shape index (κ3) is 1.71. The lowest BCUT2D eigenvalue weighted by atomic mass is 10.2. The van der Waals surface area contributed by atoms with Gasteiger partial charge in [-0.2, -0.15) is 0 Å². The van der Waals surface area contributed by atoms with E-state index in [1.165, 1.54) is 0 Å². The second kappa shape index (κ2) is 2.93. The van der Waals surface area contributed by atoms with Gasteiger partial charge in [0.1, 0.15) is 5.15 Å². The Bertz CT molecular complexity index is 294. The molecule has 0 unspecified atom stereocenters. The van der Waals surface area contributed by atoms with Crippen molar-refractivity contribution < 1.29 is 0 Å². The van der Waals surface area contributed by atoms with E-state index in [9.17, 15) is 0 Å². The van der Waals surface area contributed by atoms with E-state index in [1.54, 1.807) is 0 Å². The Morgan fingerprint density at radius 1 is 1.64 bits per heavy atom. The molecule has 2 nitrogen and oxygen atoms in total. The Balaban J connectivity index is 3.20. The number of hydrogen-bond donors (Lipinski definition) is 1. The molecule has 0 aromatic carbocycles. The number of pyridine rings is 1. The smallest absolute Gasteiger partial charge is 0.138 e. The van der Waals surface area contributed by atoms with Gasteiger partial charge in [0.05, 0.1) is 0 Å². The lowest BCUT2D eigenvalue weighted by Crippen LogP contribution is -1.96. The Morgan fingerprint density at radius 2 is 2.27 bits per heavy atom. The Kier molecular flexibility index (Phi) is 2.15. The highest BCUT2D eigenvalue weighted by molar-refractivity contribution is 6.31. The van der Waals surface area contributed by atoms with Crippen LogP contribution in [-0.4, -0.2) is 4.98 Å². The quantitative estimate of drug-likeness (QED) is 0.652. The van der Waals surface area contributed by atoms with Crippen molar-refractivity contribution in [3.05, 3.63) is 35.1 Å². The van der Waals surface area contributed by atoms with Gasteiger partial charge in [-0.3, -0.25) is 0 Å². The van der Waals surface area contributed by atoms with Crippen molar-refractivity contribution in [2.75, 3.05) is 0 Å². The van der Waals surface area contributed by atoms with Crippen LogP contribution in [0.25, 0.3) is 5.70 Å². The normalized spacial score (nSPS) is 9.64. The maximum Gasteiger partial charge on any atom is 0.138 e. The zero-order valence-electron chi connectivity index (χ0n) is 6.26. The number of aryl methyl sites for hydroxylation is 1. The monoisotopic (exact) mass is 168 g/mol. The van der Waals surface area contributed by atoms with Crippen molar-refractivity contribution in [3.63, 3.8) is 0 Å². The first-order chi connectivity index (χ1) is 5.11. The van der Waals surface area contributed by atoms with Crippen molar-refractivity contribution in [3.8, 4) is 0 Å². The van der Waals surface area contributed by atoms with Gasteiger partial charge >= 0.3 is 0 Å². The summed E-state index contributed by atoms with van der Waals surface area (Å²) < 4.78 is 0. The fourth-order valence-electron chi connectivity index (χ4n) is 0.765. The number of nitrogens with zero attached hydrogens (tertiary/aromatic N) is 1. The number of nitrogens with two attached hydrogens (primary N) is 1. The molecule has 0 aliphatic carbocycles. The van der Waals surface area contributed by atoms with Crippen molar-refractivity contribution in [1.29, 1.82) is 0 Å². The molecule has 3 heteroatoms. The van der Waals surface area contributed by atoms with Crippen molar-refractivity contribution in [2.24, 2.45) is 5.73 Å². The predicted molar refractivity (Wildman–Crippen MR) is 47.2 cm³/mol. The van der Waals surface area contributed by atoms with Crippen molar-refractivity contribution >= 4 is 17.3 Å². The highest BCUT2D eigenvalue weighted by Gasteiger charge is 2.01. The second-order valence-corrected chi connectivity index (χ2v) is 2.67. The summed E-state index contributed by atoms with van der Waals surface area (Å²) in [4.78, 5) is 4.02. The van der Waals surface area contributed by atoms with E-state index in [1.807, 2.05) is 19.1 Å². The SMILES string of the molecule is C=C(N)c1ccc(C)nc1Cl. The van der Waals surface area contributed by atoms with E-state index in [2.05, 4.69) is 11.6 Å². The Hall–Kier alpha value is -1.02. The maximum atomic E-state index is 5.77. The molecule has 0 aliphatic rings. The molecule has 11 heavy (non-hydrogen) atoms. The molecule has 1 aromatic heterocycles. The lowest BCUT2D eigenvalue weighted by Gasteiger charge is -2.01. The summed E-state index contributed by atoms with van der Waals surface area (Å²) >= 11 is 5.77. The largest absolute Gasteiger partial charge is 0.399 e. The summed E-state index contributed by atoms with van der Waals surface area (Å²) in [5.41, 5.74) is 7.47. The number of aromatic nitrogens is 1. The third-order valence-electron chi connectivity index (χ3n) is 1.33. The number of hydrogen-bond acceptors (Lipinski definition) is 2. The fourth-order valence-corrected chi connectivity index (χ4v) is 1.08. The number of halogens is 1. The summed E-state index contributed by atoms with van der Waals surface area (Å²) in [6.07, 6.45) is 0. The van der Waals surface area contributed by atoms with Crippen LogP contribution in [0.3, 0.4) is 0 Å². The standard InChI is InChI=1S/C8H9ClN2/c1-5-3-4-7(6(2)10)8(9)11-5/h3-4H,2,10H2,1H3.